The summed E-state index contributed by atoms with van der Waals surface area (Å²) in [5.74, 6) is -2.05. The summed E-state index contributed by atoms with van der Waals surface area (Å²) in [7, 11) is 0. The Hall–Kier alpha value is -2.09. The molecule has 0 bridgehead atoms. The number of hydrogen-bond donors (Lipinski definition) is 1. The van der Waals surface area contributed by atoms with Crippen LogP contribution < -0.4 is 11.2 Å². The second kappa shape index (κ2) is 5.60. The Morgan fingerprint density at radius 2 is 1.73 bits per heavy atom. The van der Waals surface area contributed by atoms with E-state index in [1.165, 1.54) is 36.2 Å². The molecule has 0 saturated heterocycles. The number of rotatable bonds is 2. The monoisotopic (exact) mass is 336 g/mol. The first kappa shape index (κ1) is 16.3. The van der Waals surface area contributed by atoms with Gasteiger partial charge in [0.05, 0.1) is 6.04 Å². The van der Waals surface area contributed by atoms with Gasteiger partial charge in [-0.1, -0.05) is 23.7 Å². The molecule has 0 amide bonds. The van der Waals surface area contributed by atoms with Crippen LogP contribution in [0.4, 0.5) is 17.6 Å². The predicted octanol–water partition coefficient (Wildman–Crippen LogP) is 2.96. The molecule has 2 rings (SSSR count). The largest absolute Gasteiger partial charge is 0.434 e. The van der Waals surface area contributed by atoms with Crippen LogP contribution in [0.25, 0.3) is 0 Å². The number of halogens is 5. The lowest BCUT2D eigenvalue weighted by Gasteiger charge is -2.16. The van der Waals surface area contributed by atoms with Gasteiger partial charge in [0.25, 0.3) is 5.56 Å². The first-order valence-electron chi connectivity index (χ1n) is 6.00. The van der Waals surface area contributed by atoms with Gasteiger partial charge in [0, 0.05) is 5.02 Å². The number of benzene rings is 1. The quantitative estimate of drug-likeness (QED) is 0.857. The Balaban J connectivity index is 2.62. The Morgan fingerprint density at radius 3 is 2.23 bits per heavy atom. The maximum Gasteiger partial charge on any atom is 0.434 e. The molecule has 0 aliphatic carbocycles. The Kier molecular flexibility index (Phi) is 4.15. The van der Waals surface area contributed by atoms with Gasteiger partial charge < -0.3 is 4.98 Å². The standard InChI is InChI=1S/C13H9ClF4N2O2/c1-6(7-2-4-8(14)5-3-7)20-11(21)9(15)10(13(16,17)18)19-12(20)22/h2-6H,1H3,(H,19,22). The number of nitrogens with one attached hydrogen (secondary N) is 1. The molecule has 1 N–H and O–H groups in total. The van der Waals surface area contributed by atoms with Crippen molar-refractivity contribution in [2.75, 3.05) is 0 Å². The van der Waals surface area contributed by atoms with E-state index in [4.69, 9.17) is 11.6 Å². The van der Waals surface area contributed by atoms with E-state index >= 15 is 0 Å². The van der Waals surface area contributed by atoms with Crippen molar-refractivity contribution in [1.29, 1.82) is 0 Å². The van der Waals surface area contributed by atoms with Gasteiger partial charge in [0.15, 0.2) is 5.69 Å². The minimum absolute atomic E-state index is 0.383. The molecule has 22 heavy (non-hydrogen) atoms. The van der Waals surface area contributed by atoms with Gasteiger partial charge in [-0.15, -0.1) is 0 Å². The van der Waals surface area contributed by atoms with E-state index in [0.29, 0.717) is 15.2 Å². The summed E-state index contributed by atoms with van der Waals surface area (Å²) in [4.78, 5) is 24.9. The van der Waals surface area contributed by atoms with Crippen molar-refractivity contribution in [3.63, 3.8) is 0 Å². The van der Waals surface area contributed by atoms with Gasteiger partial charge in [-0.3, -0.25) is 9.36 Å². The van der Waals surface area contributed by atoms with E-state index in [1.54, 1.807) is 0 Å². The molecule has 0 spiro atoms. The number of nitrogens with zero attached hydrogens (tertiary/aromatic N) is 1. The lowest BCUT2D eigenvalue weighted by Crippen LogP contribution is -2.42. The summed E-state index contributed by atoms with van der Waals surface area (Å²) in [5.41, 5.74) is -4.56. The van der Waals surface area contributed by atoms with Gasteiger partial charge in [-0.25, -0.2) is 4.79 Å². The van der Waals surface area contributed by atoms with Crippen molar-refractivity contribution in [2.24, 2.45) is 0 Å². The molecule has 0 aliphatic rings. The molecule has 1 unspecified atom stereocenters. The average Bonchev–Trinajstić information content (AvgIpc) is 2.42. The zero-order chi connectivity index (χ0) is 16.7. The van der Waals surface area contributed by atoms with Crippen LogP contribution in [0.5, 0.6) is 0 Å². The lowest BCUT2D eigenvalue weighted by atomic mass is 10.1. The SMILES string of the molecule is CC(c1ccc(Cl)cc1)n1c(=O)[nH]c(C(F)(F)F)c(F)c1=O. The number of alkyl halides is 3. The molecule has 0 radical (unpaired) electrons. The predicted molar refractivity (Wildman–Crippen MR) is 71.5 cm³/mol. The highest BCUT2D eigenvalue weighted by molar-refractivity contribution is 6.30. The van der Waals surface area contributed by atoms with Gasteiger partial charge >= 0.3 is 11.9 Å². The molecule has 1 aromatic heterocycles. The Bertz CT molecular complexity index is 809. The third-order valence-corrected chi connectivity index (χ3v) is 3.35. The van der Waals surface area contributed by atoms with Gasteiger partial charge in [0.1, 0.15) is 0 Å². The van der Waals surface area contributed by atoms with Crippen molar-refractivity contribution >= 4 is 11.6 Å². The van der Waals surface area contributed by atoms with Crippen LogP contribution in [-0.4, -0.2) is 9.55 Å². The highest BCUT2D eigenvalue weighted by Gasteiger charge is 2.38. The lowest BCUT2D eigenvalue weighted by molar-refractivity contribution is -0.144. The molecule has 4 nitrogen and oxygen atoms in total. The van der Waals surface area contributed by atoms with Crippen LogP contribution in [0.15, 0.2) is 33.9 Å². The topological polar surface area (TPSA) is 54.9 Å². The first-order valence-corrected chi connectivity index (χ1v) is 6.37. The third-order valence-electron chi connectivity index (χ3n) is 3.10. The normalized spacial score (nSPS) is 13.2. The fraction of sp³-hybridized carbons (Fsp3) is 0.231. The summed E-state index contributed by atoms with van der Waals surface area (Å²) in [6, 6.07) is 4.95. The zero-order valence-electron chi connectivity index (χ0n) is 11.0. The average molecular weight is 337 g/mol. The van der Waals surface area contributed by atoms with Crippen molar-refractivity contribution in [3.8, 4) is 0 Å². The molecular weight excluding hydrogens is 328 g/mol. The van der Waals surface area contributed by atoms with Crippen LogP contribution in [0, 0.1) is 5.82 Å². The molecule has 1 atom stereocenters. The minimum atomic E-state index is -5.16. The highest BCUT2D eigenvalue weighted by Crippen LogP contribution is 2.28. The smallest absolute Gasteiger partial charge is 0.300 e. The number of hydrogen-bond acceptors (Lipinski definition) is 2. The molecule has 2 aromatic rings. The summed E-state index contributed by atoms with van der Waals surface area (Å²) in [6.45, 7) is 1.38. The van der Waals surface area contributed by atoms with E-state index in [0.717, 1.165) is 0 Å². The van der Waals surface area contributed by atoms with E-state index < -0.39 is 35.0 Å². The number of aromatic amines is 1. The molecule has 118 valence electrons. The molecule has 1 aromatic carbocycles. The fourth-order valence-corrected chi connectivity index (χ4v) is 2.09. The summed E-state index contributed by atoms with van der Waals surface area (Å²) < 4.78 is 51.6. The van der Waals surface area contributed by atoms with Crippen LogP contribution in [0.1, 0.15) is 24.2 Å². The first-order chi connectivity index (χ1) is 10.1. The molecule has 0 saturated carbocycles. The van der Waals surface area contributed by atoms with Gasteiger partial charge in [-0.2, -0.15) is 17.6 Å². The minimum Gasteiger partial charge on any atom is -0.300 e. The fourth-order valence-electron chi connectivity index (χ4n) is 1.96. The van der Waals surface area contributed by atoms with Crippen molar-refractivity contribution in [1.82, 2.24) is 9.55 Å². The third kappa shape index (κ3) is 2.92. The second-order valence-electron chi connectivity index (χ2n) is 4.52. The van der Waals surface area contributed by atoms with Crippen molar-refractivity contribution < 1.29 is 17.6 Å². The van der Waals surface area contributed by atoms with Crippen LogP contribution >= 0.6 is 11.6 Å². The molecule has 9 heteroatoms. The Morgan fingerprint density at radius 1 is 1.18 bits per heavy atom. The van der Waals surface area contributed by atoms with Crippen molar-refractivity contribution in [2.45, 2.75) is 19.1 Å². The van der Waals surface area contributed by atoms with E-state index in [1.807, 2.05) is 0 Å². The van der Waals surface area contributed by atoms with E-state index in [9.17, 15) is 27.2 Å². The molecule has 0 aliphatic heterocycles. The maximum atomic E-state index is 13.6. The summed E-state index contributed by atoms with van der Waals surface area (Å²) in [6.07, 6.45) is -5.16. The number of H-pyrrole nitrogens is 1. The molecule has 0 fully saturated rings. The van der Waals surface area contributed by atoms with E-state index in [-0.39, 0.29) is 0 Å². The maximum absolute atomic E-state index is 13.6. The van der Waals surface area contributed by atoms with Crippen LogP contribution in [0.3, 0.4) is 0 Å². The molecular formula is C13H9ClF4N2O2. The number of aromatic nitrogens is 2. The summed E-state index contributed by atoms with van der Waals surface area (Å²) in [5, 5.41) is 0.399. The second-order valence-corrected chi connectivity index (χ2v) is 4.96. The van der Waals surface area contributed by atoms with E-state index in [2.05, 4.69) is 0 Å². The highest BCUT2D eigenvalue weighted by atomic mass is 35.5. The Labute approximate surface area is 126 Å². The van der Waals surface area contributed by atoms with Crippen molar-refractivity contribution in [3.05, 3.63) is 67.2 Å². The molecule has 1 heterocycles. The van der Waals surface area contributed by atoms with Crippen LogP contribution in [0.2, 0.25) is 5.02 Å². The van der Waals surface area contributed by atoms with Crippen LogP contribution in [-0.2, 0) is 6.18 Å². The zero-order valence-corrected chi connectivity index (χ0v) is 11.8. The summed E-state index contributed by atoms with van der Waals surface area (Å²) >= 11 is 5.70. The van der Waals surface area contributed by atoms with Gasteiger partial charge in [-0.05, 0) is 24.6 Å². The van der Waals surface area contributed by atoms with Gasteiger partial charge in [0.2, 0.25) is 5.82 Å².